The van der Waals surface area contributed by atoms with Gasteiger partial charge in [0.1, 0.15) is 30.5 Å². The summed E-state index contributed by atoms with van der Waals surface area (Å²) in [5.74, 6) is -2.59. The summed E-state index contributed by atoms with van der Waals surface area (Å²) in [6.07, 6.45) is 0.391. The number of carbonyl (C=O) groups excluding carboxylic acids is 2. The zero-order chi connectivity index (χ0) is 20.0. The van der Waals surface area contributed by atoms with Crippen molar-refractivity contribution in [2.24, 2.45) is 0 Å². The predicted molar refractivity (Wildman–Crippen MR) is 91.3 cm³/mol. The van der Waals surface area contributed by atoms with Crippen LogP contribution in [0.5, 0.6) is 0 Å². The van der Waals surface area contributed by atoms with Crippen molar-refractivity contribution in [2.45, 2.75) is 82.9 Å². The Labute approximate surface area is 158 Å². The second-order valence-electron chi connectivity index (χ2n) is 7.75. The molecule has 3 rings (SSSR count). The van der Waals surface area contributed by atoms with Crippen LogP contribution in [-0.4, -0.2) is 67.3 Å². The predicted octanol–water partition coefficient (Wildman–Crippen LogP) is 0.617. The molecule has 3 aliphatic rings. The lowest BCUT2D eigenvalue weighted by molar-refractivity contribution is -0.222. The first-order chi connectivity index (χ1) is 12.5. The van der Waals surface area contributed by atoms with Crippen molar-refractivity contribution in [1.82, 2.24) is 5.32 Å². The first kappa shape index (κ1) is 20.2. The van der Waals surface area contributed by atoms with E-state index in [1.807, 2.05) is 13.8 Å². The van der Waals surface area contributed by atoms with E-state index in [4.69, 9.17) is 23.7 Å². The number of fused-ring (bicyclic) bond motifs is 3. The van der Waals surface area contributed by atoms with Crippen molar-refractivity contribution >= 4 is 11.9 Å². The highest BCUT2D eigenvalue weighted by molar-refractivity contribution is 5.91. The Balaban J connectivity index is 1.71. The lowest BCUT2D eigenvalue weighted by atomic mass is 9.98. The number of esters is 1. The van der Waals surface area contributed by atoms with Crippen LogP contribution in [0.2, 0.25) is 0 Å². The van der Waals surface area contributed by atoms with Gasteiger partial charge in [0.25, 0.3) is 0 Å². The van der Waals surface area contributed by atoms with Gasteiger partial charge in [-0.15, -0.1) is 0 Å². The molecule has 0 saturated carbocycles. The number of amides is 1. The molecular formula is C18H27NO8. The zero-order valence-electron chi connectivity index (χ0n) is 16.4. The maximum absolute atomic E-state index is 12.1. The largest absolute Gasteiger partial charge is 0.467 e. The molecule has 1 N–H and O–H groups in total. The molecule has 1 amide bonds. The molecule has 3 saturated heterocycles. The lowest BCUT2D eigenvalue weighted by Crippen LogP contribution is -2.54. The summed E-state index contributed by atoms with van der Waals surface area (Å²) in [6, 6.07) is -0.756. The fraction of sp³-hybridized carbons (Fsp3) is 0.778. The van der Waals surface area contributed by atoms with Gasteiger partial charge in [-0.2, -0.15) is 0 Å². The summed E-state index contributed by atoms with van der Waals surface area (Å²) < 4.78 is 34.2. The van der Waals surface area contributed by atoms with Crippen LogP contribution in [0.25, 0.3) is 0 Å². The minimum absolute atomic E-state index is 0.396. The van der Waals surface area contributed by atoms with Crippen LogP contribution in [-0.2, 0) is 38.0 Å². The number of hydrogen-bond acceptors (Lipinski definition) is 8. The lowest BCUT2D eigenvalue weighted by Gasteiger charge is -2.35. The minimum atomic E-state index is -0.808. The summed E-state index contributed by atoms with van der Waals surface area (Å²) >= 11 is 0. The third kappa shape index (κ3) is 4.33. The highest BCUT2D eigenvalue weighted by Crippen LogP contribution is 2.44. The number of ether oxygens (including phenoxy) is 6. The monoisotopic (exact) mass is 385 g/mol. The van der Waals surface area contributed by atoms with Gasteiger partial charge >= 0.3 is 5.97 Å². The van der Waals surface area contributed by atoms with Crippen LogP contribution in [0.15, 0.2) is 12.2 Å². The molecule has 9 nitrogen and oxygen atoms in total. The van der Waals surface area contributed by atoms with E-state index in [0.717, 1.165) is 0 Å². The van der Waals surface area contributed by atoms with E-state index in [1.54, 1.807) is 19.9 Å². The Morgan fingerprint density at radius 2 is 1.59 bits per heavy atom. The maximum Gasteiger partial charge on any atom is 0.328 e. The summed E-state index contributed by atoms with van der Waals surface area (Å²) in [4.78, 5) is 23.5. The Kier molecular flexibility index (Phi) is 5.35. The van der Waals surface area contributed by atoms with Crippen molar-refractivity contribution in [3.8, 4) is 0 Å². The van der Waals surface area contributed by atoms with Gasteiger partial charge < -0.3 is 33.7 Å². The molecule has 6 atom stereocenters. The van der Waals surface area contributed by atoms with Crippen LogP contribution in [0, 0.1) is 0 Å². The molecule has 0 aliphatic carbocycles. The summed E-state index contributed by atoms with van der Waals surface area (Å²) in [6.45, 7) is 8.77. The molecular weight excluding hydrogens is 358 g/mol. The first-order valence-electron chi connectivity index (χ1n) is 8.94. The molecule has 0 aromatic carbocycles. The Hall–Kier alpha value is -1.52. The third-order valence-electron chi connectivity index (χ3n) is 4.54. The smallest absolute Gasteiger partial charge is 0.328 e. The van der Waals surface area contributed by atoms with Crippen molar-refractivity contribution in [3.63, 3.8) is 0 Å². The Morgan fingerprint density at radius 3 is 2.26 bits per heavy atom. The summed E-state index contributed by atoms with van der Waals surface area (Å²) in [7, 11) is 1.26. The highest BCUT2D eigenvalue weighted by Gasteiger charge is 2.60. The molecule has 152 valence electrons. The van der Waals surface area contributed by atoms with Gasteiger partial charge in [0.15, 0.2) is 17.9 Å². The number of methoxy groups -OCH3 is 1. The topological polar surface area (TPSA) is 102 Å². The van der Waals surface area contributed by atoms with Crippen molar-refractivity contribution in [3.05, 3.63) is 12.2 Å². The Bertz CT molecular complexity index is 631. The molecule has 0 unspecified atom stereocenters. The average Bonchev–Trinajstić information content (AvgIpc) is 3.05. The van der Waals surface area contributed by atoms with E-state index >= 15 is 0 Å². The van der Waals surface area contributed by atoms with Gasteiger partial charge in [0.2, 0.25) is 5.91 Å². The standard InChI is InChI=1S/C18H27NO8/c1-9(15(21)22-6)19-11(20)8-7-10-12-13(25-17(2,3)24-12)14-16(23-10)27-18(4,5)26-14/h7-10,12-14,16H,1-6H3,(H,19,20)/b8-7+/t9-,10+,12-,13-,14+,16+/m0/s1. The van der Waals surface area contributed by atoms with Crippen LogP contribution >= 0.6 is 0 Å². The Morgan fingerprint density at radius 1 is 1.00 bits per heavy atom. The molecule has 9 heteroatoms. The van der Waals surface area contributed by atoms with Crippen LogP contribution in [0.1, 0.15) is 34.6 Å². The van der Waals surface area contributed by atoms with Crippen molar-refractivity contribution in [2.75, 3.05) is 7.11 Å². The SMILES string of the molecule is COC(=O)[C@H](C)NC(=O)/C=C/[C@H]1O[C@@H]2OC(C)(C)O[C@@H]2[C@H]2OC(C)(C)O[C@H]21. The number of nitrogens with one attached hydrogen (secondary N) is 1. The second-order valence-corrected chi connectivity index (χ2v) is 7.75. The van der Waals surface area contributed by atoms with Gasteiger partial charge in [-0.3, -0.25) is 4.79 Å². The van der Waals surface area contributed by atoms with E-state index in [0.29, 0.717) is 0 Å². The maximum atomic E-state index is 12.1. The number of hydrogen-bond donors (Lipinski definition) is 1. The zero-order valence-corrected chi connectivity index (χ0v) is 16.4. The second kappa shape index (κ2) is 7.14. The van der Waals surface area contributed by atoms with Crippen LogP contribution in [0.4, 0.5) is 0 Å². The van der Waals surface area contributed by atoms with Crippen LogP contribution in [0.3, 0.4) is 0 Å². The van der Waals surface area contributed by atoms with Crippen molar-refractivity contribution in [1.29, 1.82) is 0 Å². The molecule has 3 aliphatic heterocycles. The molecule has 0 radical (unpaired) electrons. The van der Waals surface area contributed by atoms with Gasteiger partial charge in [-0.25, -0.2) is 4.79 Å². The fourth-order valence-electron chi connectivity index (χ4n) is 3.48. The number of rotatable bonds is 4. The average molecular weight is 385 g/mol. The molecule has 3 fully saturated rings. The fourth-order valence-corrected chi connectivity index (χ4v) is 3.48. The van der Waals surface area contributed by atoms with Gasteiger partial charge in [-0.1, -0.05) is 0 Å². The van der Waals surface area contributed by atoms with Gasteiger partial charge in [0, 0.05) is 6.08 Å². The van der Waals surface area contributed by atoms with Gasteiger partial charge in [-0.05, 0) is 40.7 Å². The molecule has 27 heavy (non-hydrogen) atoms. The van der Waals surface area contributed by atoms with E-state index < -0.39 is 60.2 Å². The van der Waals surface area contributed by atoms with Gasteiger partial charge in [0.05, 0.1) is 7.11 Å². The summed E-state index contributed by atoms with van der Waals surface area (Å²) in [5, 5.41) is 2.52. The molecule has 0 bridgehead atoms. The number of carbonyl (C=O) groups is 2. The van der Waals surface area contributed by atoms with Crippen LogP contribution < -0.4 is 5.32 Å². The molecule has 0 aromatic heterocycles. The normalized spacial score (nSPS) is 37.5. The molecule has 3 heterocycles. The molecule has 0 aromatic rings. The highest BCUT2D eigenvalue weighted by atomic mass is 16.9. The van der Waals surface area contributed by atoms with E-state index in [9.17, 15) is 9.59 Å². The summed E-state index contributed by atoms with van der Waals surface area (Å²) in [5.41, 5.74) is 0. The van der Waals surface area contributed by atoms with Crippen molar-refractivity contribution < 1.29 is 38.0 Å². The third-order valence-corrected chi connectivity index (χ3v) is 4.54. The first-order valence-corrected chi connectivity index (χ1v) is 8.94. The van der Waals surface area contributed by atoms with E-state index in [2.05, 4.69) is 10.1 Å². The van der Waals surface area contributed by atoms with E-state index in [-0.39, 0.29) is 0 Å². The quantitative estimate of drug-likeness (QED) is 0.555. The minimum Gasteiger partial charge on any atom is -0.467 e. The van der Waals surface area contributed by atoms with E-state index in [1.165, 1.54) is 20.1 Å². The molecule has 0 spiro atoms.